The van der Waals surface area contributed by atoms with E-state index < -0.39 is 0 Å². The lowest BCUT2D eigenvalue weighted by atomic mass is 10.1. The van der Waals surface area contributed by atoms with Gasteiger partial charge in [-0.3, -0.25) is 0 Å². The summed E-state index contributed by atoms with van der Waals surface area (Å²) in [5.74, 6) is 1.06. The molecule has 0 aliphatic carbocycles. The number of nitrogens with zero attached hydrogens (tertiary/aromatic N) is 2. The van der Waals surface area contributed by atoms with Crippen LogP contribution in [0.3, 0.4) is 0 Å². The molecule has 0 aliphatic heterocycles. The van der Waals surface area contributed by atoms with Crippen molar-refractivity contribution in [2.75, 3.05) is 5.73 Å². The van der Waals surface area contributed by atoms with E-state index in [1.54, 1.807) is 13.0 Å². The van der Waals surface area contributed by atoms with Gasteiger partial charge in [-0.2, -0.15) is 5.26 Å². The van der Waals surface area contributed by atoms with E-state index in [-0.39, 0.29) is 6.61 Å². The van der Waals surface area contributed by atoms with E-state index in [0.29, 0.717) is 34.0 Å². The van der Waals surface area contributed by atoms with E-state index >= 15 is 0 Å². The average molecular weight is 256 g/mol. The van der Waals surface area contributed by atoms with Crippen LogP contribution in [0.15, 0.2) is 22.7 Å². The van der Waals surface area contributed by atoms with Gasteiger partial charge in [0.25, 0.3) is 0 Å². The first-order chi connectivity index (χ1) is 9.13. The maximum Gasteiger partial charge on any atom is 0.139 e. The molecule has 2 rings (SSSR count). The van der Waals surface area contributed by atoms with E-state index in [0.717, 1.165) is 6.21 Å². The number of hydrogen-bond donors (Lipinski definition) is 2. The molecule has 6 nitrogen and oxygen atoms in total. The number of rotatable bonds is 4. The standard InChI is InChI=1S/C13H12N4O2/c1-8-2-11(17-19-8)7-18-13-4-12(16)9(5-14)3-10(13)6-15/h2-5,14H,7,16H2,1H3. The summed E-state index contributed by atoms with van der Waals surface area (Å²) in [4.78, 5) is 0. The van der Waals surface area contributed by atoms with Crippen LogP contribution in [0, 0.1) is 23.7 Å². The molecule has 1 heterocycles. The first-order valence-corrected chi connectivity index (χ1v) is 5.53. The minimum absolute atomic E-state index is 0.190. The number of ether oxygens (including phenoxy) is 1. The lowest BCUT2D eigenvalue weighted by molar-refractivity contribution is 0.287. The molecule has 0 radical (unpaired) electrons. The molecule has 2 aromatic rings. The van der Waals surface area contributed by atoms with Gasteiger partial charge in [-0.05, 0) is 13.0 Å². The largest absolute Gasteiger partial charge is 0.486 e. The summed E-state index contributed by atoms with van der Waals surface area (Å²) in [7, 11) is 0. The number of benzene rings is 1. The van der Waals surface area contributed by atoms with Crippen LogP contribution in [0.2, 0.25) is 0 Å². The van der Waals surface area contributed by atoms with Gasteiger partial charge in [-0.25, -0.2) is 0 Å². The van der Waals surface area contributed by atoms with Crippen LogP contribution in [0.25, 0.3) is 0 Å². The summed E-state index contributed by atoms with van der Waals surface area (Å²) in [5.41, 5.74) is 7.59. The average Bonchev–Trinajstić information content (AvgIpc) is 2.82. The zero-order valence-electron chi connectivity index (χ0n) is 10.3. The molecule has 0 saturated carbocycles. The van der Waals surface area contributed by atoms with Gasteiger partial charge in [0.1, 0.15) is 29.9 Å². The van der Waals surface area contributed by atoms with Crippen molar-refractivity contribution in [1.82, 2.24) is 5.16 Å². The van der Waals surface area contributed by atoms with Crippen LogP contribution in [0.1, 0.15) is 22.6 Å². The van der Waals surface area contributed by atoms with Crippen LogP contribution in [0.4, 0.5) is 5.69 Å². The third kappa shape index (κ3) is 2.72. The molecule has 1 aromatic heterocycles. The second-order valence-electron chi connectivity index (χ2n) is 3.95. The smallest absolute Gasteiger partial charge is 0.139 e. The van der Waals surface area contributed by atoms with Crippen LogP contribution < -0.4 is 10.5 Å². The molecule has 0 fully saturated rings. The van der Waals surface area contributed by atoms with Gasteiger partial charge in [0.15, 0.2) is 0 Å². The molecular weight excluding hydrogens is 244 g/mol. The number of nitrogen functional groups attached to an aromatic ring is 1. The van der Waals surface area contributed by atoms with Crippen LogP contribution >= 0.6 is 0 Å². The van der Waals surface area contributed by atoms with Crippen molar-refractivity contribution in [2.24, 2.45) is 0 Å². The minimum atomic E-state index is 0.190. The van der Waals surface area contributed by atoms with Crippen LogP contribution in [0.5, 0.6) is 5.75 Å². The maximum atomic E-state index is 9.05. The quantitative estimate of drug-likeness (QED) is 0.642. The van der Waals surface area contributed by atoms with Crippen molar-refractivity contribution < 1.29 is 9.26 Å². The van der Waals surface area contributed by atoms with Crippen molar-refractivity contribution in [1.29, 1.82) is 10.7 Å². The molecule has 0 atom stereocenters. The highest BCUT2D eigenvalue weighted by Gasteiger charge is 2.09. The Morgan fingerprint density at radius 1 is 1.53 bits per heavy atom. The van der Waals surface area contributed by atoms with E-state index in [1.807, 2.05) is 6.07 Å². The lowest BCUT2D eigenvalue weighted by Crippen LogP contribution is -2.01. The molecule has 0 unspecified atom stereocenters. The van der Waals surface area contributed by atoms with Gasteiger partial charge in [0.2, 0.25) is 0 Å². The Bertz CT molecular complexity index is 655. The molecule has 0 bridgehead atoms. The molecular formula is C13H12N4O2. The van der Waals surface area contributed by atoms with Crippen LogP contribution in [-0.4, -0.2) is 11.4 Å². The van der Waals surface area contributed by atoms with Crippen molar-refractivity contribution in [2.45, 2.75) is 13.5 Å². The minimum Gasteiger partial charge on any atom is -0.486 e. The molecule has 0 spiro atoms. The number of hydrogen-bond acceptors (Lipinski definition) is 6. The molecule has 1 aromatic carbocycles. The van der Waals surface area contributed by atoms with E-state index in [2.05, 4.69) is 5.16 Å². The molecule has 19 heavy (non-hydrogen) atoms. The lowest BCUT2D eigenvalue weighted by Gasteiger charge is -2.08. The Kier molecular flexibility index (Phi) is 3.48. The summed E-state index contributed by atoms with van der Waals surface area (Å²) in [5, 5.41) is 20.0. The highest BCUT2D eigenvalue weighted by Crippen LogP contribution is 2.25. The highest BCUT2D eigenvalue weighted by atomic mass is 16.5. The van der Waals surface area contributed by atoms with Gasteiger partial charge in [0, 0.05) is 29.6 Å². The Morgan fingerprint density at radius 3 is 2.89 bits per heavy atom. The Labute approximate surface area is 109 Å². The van der Waals surface area contributed by atoms with Gasteiger partial charge in [-0.1, -0.05) is 5.16 Å². The first kappa shape index (κ1) is 12.6. The second kappa shape index (κ2) is 5.23. The number of aromatic nitrogens is 1. The molecule has 0 amide bonds. The van der Waals surface area contributed by atoms with Crippen LogP contribution in [-0.2, 0) is 6.61 Å². The summed E-state index contributed by atoms with van der Waals surface area (Å²) in [6.07, 6.45) is 1.10. The third-order valence-electron chi connectivity index (χ3n) is 2.51. The van der Waals surface area contributed by atoms with Crippen molar-refractivity contribution in [3.05, 3.63) is 40.8 Å². The van der Waals surface area contributed by atoms with Gasteiger partial charge >= 0.3 is 0 Å². The topological polar surface area (TPSA) is 109 Å². The van der Waals surface area contributed by atoms with E-state index in [4.69, 9.17) is 25.7 Å². The Hall–Kier alpha value is -2.81. The fourth-order valence-corrected chi connectivity index (χ4v) is 1.58. The van der Waals surface area contributed by atoms with E-state index in [9.17, 15) is 0 Å². The zero-order valence-corrected chi connectivity index (χ0v) is 10.3. The van der Waals surface area contributed by atoms with E-state index in [1.165, 1.54) is 12.1 Å². The van der Waals surface area contributed by atoms with Gasteiger partial charge in [-0.15, -0.1) is 0 Å². The molecule has 0 aliphatic rings. The summed E-state index contributed by atoms with van der Waals surface area (Å²) in [6.45, 7) is 1.98. The monoisotopic (exact) mass is 256 g/mol. The number of aryl methyl sites for hydroxylation is 1. The number of nitriles is 1. The summed E-state index contributed by atoms with van der Waals surface area (Å²) < 4.78 is 10.4. The van der Waals surface area contributed by atoms with Gasteiger partial charge < -0.3 is 20.4 Å². The molecule has 6 heteroatoms. The molecule has 96 valence electrons. The Morgan fingerprint density at radius 2 is 2.32 bits per heavy atom. The fraction of sp³-hybridized carbons (Fsp3) is 0.154. The van der Waals surface area contributed by atoms with Crippen molar-refractivity contribution in [3.8, 4) is 11.8 Å². The van der Waals surface area contributed by atoms with Crippen molar-refractivity contribution in [3.63, 3.8) is 0 Å². The van der Waals surface area contributed by atoms with Gasteiger partial charge in [0.05, 0.1) is 5.56 Å². The molecule has 0 saturated heterocycles. The normalized spacial score (nSPS) is 9.89. The predicted octanol–water partition coefficient (Wildman–Crippen LogP) is 2.01. The third-order valence-corrected chi connectivity index (χ3v) is 2.51. The zero-order chi connectivity index (χ0) is 13.8. The predicted molar refractivity (Wildman–Crippen MR) is 69.0 cm³/mol. The maximum absolute atomic E-state index is 9.05. The second-order valence-corrected chi connectivity index (χ2v) is 3.95. The SMILES string of the molecule is Cc1cc(COc2cc(N)c(C=N)cc2C#N)no1. The number of anilines is 1. The Balaban J connectivity index is 2.22. The summed E-state index contributed by atoms with van der Waals surface area (Å²) in [6, 6.07) is 6.82. The fourth-order valence-electron chi connectivity index (χ4n) is 1.58. The first-order valence-electron chi connectivity index (χ1n) is 5.53. The highest BCUT2D eigenvalue weighted by molar-refractivity contribution is 5.86. The number of nitrogens with one attached hydrogen (secondary N) is 1. The molecule has 3 N–H and O–H groups in total. The summed E-state index contributed by atoms with van der Waals surface area (Å²) >= 11 is 0. The number of nitrogens with two attached hydrogens (primary N) is 1. The van der Waals surface area contributed by atoms with Crippen molar-refractivity contribution >= 4 is 11.9 Å².